The number of hydrogen-bond acceptors (Lipinski definition) is 2. The Kier molecular flexibility index (Phi) is 4.33. The van der Waals surface area contributed by atoms with E-state index in [1.54, 1.807) is 0 Å². The van der Waals surface area contributed by atoms with E-state index >= 15 is 0 Å². The van der Waals surface area contributed by atoms with Crippen molar-refractivity contribution in [2.24, 2.45) is 0 Å². The van der Waals surface area contributed by atoms with Gasteiger partial charge in [0.15, 0.2) is 0 Å². The second kappa shape index (κ2) is 6.61. The molecule has 0 aliphatic carbocycles. The Hall–Kier alpha value is -1.78. The second-order valence-corrected chi connectivity index (χ2v) is 7.31. The van der Waals surface area contributed by atoms with E-state index in [2.05, 4.69) is 39.4 Å². The van der Waals surface area contributed by atoms with Crippen LogP contribution in [0, 0.1) is 0 Å². The second-order valence-electron chi connectivity index (χ2n) is 5.96. The molecule has 3 nitrogen and oxygen atoms in total. The zero-order chi connectivity index (χ0) is 16.5. The number of aromatic nitrogens is 2. The van der Waals surface area contributed by atoms with Crippen molar-refractivity contribution in [3.63, 3.8) is 0 Å². The van der Waals surface area contributed by atoms with Crippen LogP contribution in [0.1, 0.15) is 18.4 Å². The summed E-state index contributed by atoms with van der Waals surface area (Å²) in [6, 6.07) is 16.2. The van der Waals surface area contributed by atoms with Gasteiger partial charge in [-0.2, -0.15) is 5.10 Å². The molecular formula is C19H17BrClN3. The number of nitrogens with one attached hydrogen (secondary N) is 1. The van der Waals surface area contributed by atoms with E-state index in [1.807, 2.05) is 35.0 Å². The Morgan fingerprint density at radius 2 is 1.96 bits per heavy atom. The molecule has 0 atom stereocenters. The van der Waals surface area contributed by atoms with Crippen molar-refractivity contribution in [1.29, 1.82) is 0 Å². The molecule has 1 aliphatic heterocycles. The minimum atomic E-state index is 0.736. The Labute approximate surface area is 154 Å². The highest BCUT2D eigenvalue weighted by atomic mass is 79.9. The molecule has 24 heavy (non-hydrogen) atoms. The van der Waals surface area contributed by atoms with E-state index < -0.39 is 0 Å². The number of rotatable bonds is 2. The summed E-state index contributed by atoms with van der Waals surface area (Å²) in [6.07, 6.45) is 3.36. The summed E-state index contributed by atoms with van der Waals surface area (Å²) >= 11 is 9.75. The average Bonchev–Trinajstić information content (AvgIpc) is 2.76. The maximum Gasteiger partial charge on any atom is 0.133 e. The van der Waals surface area contributed by atoms with E-state index in [-0.39, 0.29) is 0 Å². The molecule has 0 spiro atoms. The largest absolute Gasteiger partial charge is 0.370 e. The molecule has 1 aliphatic rings. The number of nitrogens with zero attached hydrogens (tertiary/aromatic N) is 2. The van der Waals surface area contributed by atoms with Gasteiger partial charge >= 0.3 is 0 Å². The van der Waals surface area contributed by atoms with Gasteiger partial charge in [-0.3, -0.25) is 0 Å². The van der Waals surface area contributed by atoms with Gasteiger partial charge in [-0.05, 0) is 49.6 Å². The van der Waals surface area contributed by atoms with E-state index in [9.17, 15) is 0 Å². The first-order valence-corrected chi connectivity index (χ1v) is 9.27. The number of anilines is 1. The van der Waals surface area contributed by atoms with Crippen molar-refractivity contribution in [1.82, 2.24) is 9.78 Å². The van der Waals surface area contributed by atoms with Crippen LogP contribution in [0.4, 0.5) is 5.82 Å². The smallest absolute Gasteiger partial charge is 0.133 e. The maximum absolute atomic E-state index is 6.20. The molecule has 3 aromatic rings. The Balaban J connectivity index is 1.92. The molecule has 0 bridgehead atoms. The first-order valence-electron chi connectivity index (χ1n) is 8.10. The monoisotopic (exact) mass is 401 g/mol. The standard InChI is InChI=1S/C19H17BrClN3/c20-14-6-4-8-16(12-14)24-19-17(9-1-2-10-22-19)18(23-24)13-5-3-7-15(21)11-13/h3-8,11-12,22H,1-2,9-10H2. The fraction of sp³-hybridized carbons (Fsp3) is 0.211. The molecule has 0 saturated heterocycles. The average molecular weight is 403 g/mol. The van der Waals surface area contributed by atoms with Crippen molar-refractivity contribution < 1.29 is 0 Å². The molecule has 0 saturated carbocycles. The van der Waals surface area contributed by atoms with Gasteiger partial charge in [0.25, 0.3) is 0 Å². The van der Waals surface area contributed by atoms with Gasteiger partial charge in [0.05, 0.1) is 11.4 Å². The van der Waals surface area contributed by atoms with E-state index in [4.69, 9.17) is 16.7 Å². The normalized spacial score (nSPS) is 13.9. The zero-order valence-corrected chi connectivity index (χ0v) is 15.4. The van der Waals surface area contributed by atoms with E-state index in [0.717, 1.165) is 51.6 Å². The minimum Gasteiger partial charge on any atom is -0.370 e. The zero-order valence-electron chi connectivity index (χ0n) is 13.1. The van der Waals surface area contributed by atoms with E-state index in [1.165, 1.54) is 12.0 Å². The van der Waals surface area contributed by atoms with Gasteiger partial charge < -0.3 is 5.32 Å². The van der Waals surface area contributed by atoms with Gasteiger partial charge in [-0.25, -0.2) is 4.68 Å². The molecule has 4 rings (SSSR count). The van der Waals surface area contributed by atoms with E-state index in [0.29, 0.717) is 0 Å². The lowest BCUT2D eigenvalue weighted by atomic mass is 10.0. The van der Waals surface area contributed by atoms with Crippen LogP contribution in [0.15, 0.2) is 53.0 Å². The fourth-order valence-corrected chi connectivity index (χ4v) is 3.74. The highest BCUT2D eigenvalue weighted by Crippen LogP contribution is 2.35. The summed E-state index contributed by atoms with van der Waals surface area (Å²) in [4.78, 5) is 0. The van der Waals surface area contributed by atoms with Gasteiger partial charge in [0.1, 0.15) is 5.82 Å². The quantitative estimate of drug-likeness (QED) is 0.595. The SMILES string of the molecule is Clc1cccc(-c2nn(-c3cccc(Br)c3)c3c2CCCCN3)c1. The van der Waals surface area contributed by atoms with Crippen molar-refractivity contribution in [3.8, 4) is 16.9 Å². The Morgan fingerprint density at radius 1 is 1.08 bits per heavy atom. The number of fused-ring (bicyclic) bond motifs is 1. The lowest BCUT2D eigenvalue weighted by molar-refractivity contribution is 0.780. The third-order valence-corrected chi connectivity index (χ3v) is 5.01. The number of halogens is 2. The first kappa shape index (κ1) is 15.7. The van der Waals surface area contributed by atoms with Gasteiger partial charge in [-0.15, -0.1) is 0 Å². The molecular weight excluding hydrogens is 386 g/mol. The van der Waals surface area contributed by atoms with Crippen LogP contribution in [-0.2, 0) is 6.42 Å². The lowest BCUT2D eigenvalue weighted by Crippen LogP contribution is -2.07. The highest BCUT2D eigenvalue weighted by molar-refractivity contribution is 9.10. The number of hydrogen-bond donors (Lipinski definition) is 1. The van der Waals surface area contributed by atoms with Crippen LogP contribution in [0.3, 0.4) is 0 Å². The lowest BCUT2D eigenvalue weighted by Gasteiger charge is -2.09. The molecule has 0 unspecified atom stereocenters. The molecule has 0 radical (unpaired) electrons. The predicted octanol–water partition coefficient (Wildman–Crippen LogP) is 5.70. The van der Waals surface area contributed by atoms with Crippen LogP contribution >= 0.6 is 27.5 Å². The van der Waals surface area contributed by atoms with Crippen LogP contribution in [0.5, 0.6) is 0 Å². The molecule has 122 valence electrons. The van der Waals surface area contributed by atoms with Gasteiger partial charge in [0.2, 0.25) is 0 Å². The fourth-order valence-electron chi connectivity index (χ4n) is 3.16. The third kappa shape index (κ3) is 2.96. The summed E-state index contributed by atoms with van der Waals surface area (Å²) in [5.74, 6) is 1.10. The molecule has 2 aromatic carbocycles. The maximum atomic E-state index is 6.20. The summed E-state index contributed by atoms with van der Waals surface area (Å²) in [5.41, 5.74) is 4.40. The Bertz CT molecular complexity index is 818. The van der Waals surface area contributed by atoms with Gasteiger partial charge in [0, 0.05) is 27.2 Å². The van der Waals surface area contributed by atoms with Crippen molar-refractivity contribution in [2.45, 2.75) is 19.3 Å². The highest BCUT2D eigenvalue weighted by Gasteiger charge is 2.21. The first-order chi connectivity index (χ1) is 11.7. The van der Waals surface area contributed by atoms with Crippen LogP contribution in [-0.4, -0.2) is 16.3 Å². The summed E-state index contributed by atoms with van der Waals surface area (Å²) in [6.45, 7) is 0.974. The van der Waals surface area contributed by atoms with Crippen LogP contribution in [0.2, 0.25) is 5.02 Å². The predicted molar refractivity (Wildman–Crippen MR) is 103 cm³/mol. The molecule has 1 N–H and O–H groups in total. The third-order valence-electron chi connectivity index (χ3n) is 4.28. The van der Waals surface area contributed by atoms with Crippen LogP contribution < -0.4 is 5.32 Å². The molecule has 2 heterocycles. The summed E-state index contributed by atoms with van der Waals surface area (Å²) < 4.78 is 3.06. The molecule has 0 fully saturated rings. The van der Waals surface area contributed by atoms with Crippen molar-refractivity contribution >= 4 is 33.3 Å². The van der Waals surface area contributed by atoms with Crippen LogP contribution in [0.25, 0.3) is 16.9 Å². The summed E-state index contributed by atoms with van der Waals surface area (Å²) in [7, 11) is 0. The number of benzene rings is 2. The van der Waals surface area contributed by atoms with Crippen molar-refractivity contribution in [2.75, 3.05) is 11.9 Å². The molecule has 1 aromatic heterocycles. The molecule has 0 amide bonds. The van der Waals surface area contributed by atoms with Crippen molar-refractivity contribution in [3.05, 3.63) is 63.6 Å². The Morgan fingerprint density at radius 3 is 2.79 bits per heavy atom. The van der Waals surface area contributed by atoms with Gasteiger partial charge in [-0.1, -0.05) is 45.7 Å². The summed E-state index contributed by atoms with van der Waals surface area (Å²) in [5, 5.41) is 9.24. The molecule has 5 heteroatoms. The minimum absolute atomic E-state index is 0.736. The topological polar surface area (TPSA) is 29.9 Å².